The largest absolute Gasteiger partial charge is 0.291 e. The molecule has 22 heavy (non-hydrogen) atoms. The molecule has 2 aromatic heterocycles. The summed E-state index contributed by atoms with van der Waals surface area (Å²) in [6.07, 6.45) is 5.73. The average molecular weight is 311 g/mol. The molecular formula is C17H17N3OS. The zero-order valence-corrected chi connectivity index (χ0v) is 13.4. The molecule has 0 aliphatic heterocycles. The van der Waals surface area contributed by atoms with Crippen molar-refractivity contribution >= 4 is 28.4 Å². The minimum absolute atomic E-state index is 0.0873. The van der Waals surface area contributed by atoms with Crippen molar-refractivity contribution in [2.75, 3.05) is 0 Å². The van der Waals surface area contributed by atoms with E-state index in [2.05, 4.69) is 23.1 Å². The Morgan fingerprint density at radius 2 is 2.09 bits per heavy atom. The summed E-state index contributed by atoms with van der Waals surface area (Å²) in [6.45, 7) is 4.06. The highest BCUT2D eigenvalue weighted by atomic mass is 32.1. The van der Waals surface area contributed by atoms with Crippen LogP contribution < -0.4 is 10.1 Å². The molecule has 0 amide bonds. The number of fused-ring (bicyclic) bond motifs is 1. The number of aryl methyl sites for hydroxylation is 1. The first kappa shape index (κ1) is 14.7. The number of hydrogen-bond acceptors (Lipinski definition) is 4. The summed E-state index contributed by atoms with van der Waals surface area (Å²) in [7, 11) is 0. The Balaban J connectivity index is 1.99. The van der Waals surface area contributed by atoms with Gasteiger partial charge in [0.1, 0.15) is 0 Å². The van der Waals surface area contributed by atoms with E-state index in [1.54, 1.807) is 0 Å². The fourth-order valence-corrected chi connectivity index (χ4v) is 3.24. The van der Waals surface area contributed by atoms with Gasteiger partial charge in [-0.05, 0) is 30.6 Å². The number of aromatic nitrogens is 3. The van der Waals surface area contributed by atoms with Crippen molar-refractivity contribution in [3.63, 3.8) is 0 Å². The van der Waals surface area contributed by atoms with Crippen LogP contribution >= 0.6 is 11.3 Å². The second-order valence-electron chi connectivity index (χ2n) is 5.19. The topological polar surface area (TPSA) is 47.3 Å². The number of thiazole rings is 1. The molecule has 0 unspecified atom stereocenters. The Hall–Kier alpha value is -2.27. The van der Waals surface area contributed by atoms with Gasteiger partial charge < -0.3 is 0 Å². The van der Waals surface area contributed by atoms with Gasteiger partial charge in [-0.1, -0.05) is 54.7 Å². The molecule has 0 fully saturated rings. The third kappa shape index (κ3) is 2.99. The van der Waals surface area contributed by atoms with Gasteiger partial charge in [-0.2, -0.15) is 4.52 Å². The zero-order valence-electron chi connectivity index (χ0n) is 12.6. The van der Waals surface area contributed by atoms with E-state index in [4.69, 9.17) is 0 Å². The van der Waals surface area contributed by atoms with Gasteiger partial charge in [0.25, 0.3) is 5.56 Å². The van der Waals surface area contributed by atoms with Crippen LogP contribution in [0.5, 0.6) is 0 Å². The van der Waals surface area contributed by atoms with E-state index in [0.29, 0.717) is 9.49 Å². The highest BCUT2D eigenvalue weighted by molar-refractivity contribution is 7.15. The second-order valence-corrected chi connectivity index (χ2v) is 6.20. The molecule has 112 valence electrons. The average Bonchev–Trinajstić information content (AvgIpc) is 3.01. The van der Waals surface area contributed by atoms with Gasteiger partial charge in [0, 0.05) is 6.42 Å². The van der Waals surface area contributed by atoms with Crippen LogP contribution in [0.2, 0.25) is 0 Å². The van der Waals surface area contributed by atoms with Crippen LogP contribution in [0.15, 0.2) is 40.7 Å². The third-order valence-corrected chi connectivity index (χ3v) is 4.21. The van der Waals surface area contributed by atoms with Crippen LogP contribution in [0.4, 0.5) is 0 Å². The van der Waals surface area contributed by atoms with E-state index in [1.807, 2.05) is 43.3 Å². The highest BCUT2D eigenvalue weighted by Gasteiger charge is 2.09. The predicted molar refractivity (Wildman–Crippen MR) is 90.9 cm³/mol. The minimum Gasteiger partial charge on any atom is -0.266 e. The molecular weight excluding hydrogens is 294 g/mol. The lowest BCUT2D eigenvalue weighted by Gasteiger charge is -1.93. The van der Waals surface area contributed by atoms with Crippen LogP contribution in [-0.4, -0.2) is 14.6 Å². The molecule has 5 heteroatoms. The Kier molecular flexibility index (Phi) is 4.15. The molecule has 0 bridgehead atoms. The number of hydrogen-bond donors (Lipinski definition) is 0. The monoisotopic (exact) mass is 311 g/mol. The maximum Gasteiger partial charge on any atom is 0.291 e. The minimum atomic E-state index is -0.0873. The number of nitrogens with zero attached hydrogens (tertiary/aromatic N) is 3. The Morgan fingerprint density at radius 1 is 1.32 bits per heavy atom. The zero-order chi connectivity index (χ0) is 15.5. The standard InChI is InChI=1S/C17H17N3OS/c1-3-7-15-18-17-20(19-15)16(21)14(22-17)11-12(2)10-13-8-5-4-6-9-13/h4-6,8-11H,3,7H2,1-2H3/b12-10+,14-11-. The summed E-state index contributed by atoms with van der Waals surface area (Å²) in [6, 6.07) is 10.1. The van der Waals surface area contributed by atoms with Crippen molar-refractivity contribution in [2.45, 2.75) is 26.7 Å². The van der Waals surface area contributed by atoms with Crippen LogP contribution in [0.3, 0.4) is 0 Å². The molecule has 0 radical (unpaired) electrons. The van der Waals surface area contributed by atoms with Crippen molar-refractivity contribution in [1.82, 2.24) is 14.6 Å². The van der Waals surface area contributed by atoms with Crippen LogP contribution in [0.25, 0.3) is 17.1 Å². The van der Waals surface area contributed by atoms with Crippen molar-refractivity contribution in [3.05, 3.63) is 62.2 Å². The summed E-state index contributed by atoms with van der Waals surface area (Å²) >= 11 is 1.39. The first-order valence-electron chi connectivity index (χ1n) is 7.31. The van der Waals surface area contributed by atoms with Crippen molar-refractivity contribution < 1.29 is 0 Å². The Morgan fingerprint density at radius 3 is 2.77 bits per heavy atom. The van der Waals surface area contributed by atoms with Gasteiger partial charge in [0.2, 0.25) is 4.96 Å². The van der Waals surface area contributed by atoms with Gasteiger partial charge in [-0.3, -0.25) is 4.79 Å². The molecule has 1 aromatic carbocycles. The normalized spacial score (nSPS) is 13.2. The van der Waals surface area contributed by atoms with E-state index in [9.17, 15) is 4.79 Å². The molecule has 3 rings (SSSR count). The van der Waals surface area contributed by atoms with E-state index in [1.165, 1.54) is 15.9 Å². The first-order chi connectivity index (χ1) is 10.7. The van der Waals surface area contributed by atoms with E-state index < -0.39 is 0 Å². The fourth-order valence-electron chi connectivity index (χ4n) is 2.26. The lowest BCUT2D eigenvalue weighted by molar-refractivity contribution is 0.810. The molecule has 0 spiro atoms. The van der Waals surface area contributed by atoms with Gasteiger partial charge in [0.05, 0.1) is 4.53 Å². The maximum atomic E-state index is 12.3. The van der Waals surface area contributed by atoms with E-state index in [0.717, 1.165) is 29.8 Å². The predicted octanol–water partition coefficient (Wildman–Crippen LogP) is 2.71. The number of rotatable bonds is 4. The van der Waals surface area contributed by atoms with Crippen molar-refractivity contribution in [3.8, 4) is 0 Å². The molecule has 0 aliphatic carbocycles. The van der Waals surface area contributed by atoms with Gasteiger partial charge in [-0.15, -0.1) is 5.10 Å². The summed E-state index contributed by atoms with van der Waals surface area (Å²) in [4.78, 5) is 17.4. The molecule has 3 aromatic rings. The van der Waals surface area contributed by atoms with Crippen LogP contribution in [0, 0.1) is 0 Å². The van der Waals surface area contributed by atoms with E-state index >= 15 is 0 Å². The molecule has 0 N–H and O–H groups in total. The molecule has 0 atom stereocenters. The molecule has 4 nitrogen and oxygen atoms in total. The van der Waals surface area contributed by atoms with Gasteiger partial charge in [0.15, 0.2) is 5.82 Å². The fraction of sp³-hybridized carbons (Fsp3) is 0.235. The van der Waals surface area contributed by atoms with Crippen molar-refractivity contribution in [2.24, 2.45) is 0 Å². The Bertz CT molecular complexity index is 922. The summed E-state index contributed by atoms with van der Waals surface area (Å²) in [5, 5.41) is 4.28. The molecule has 0 aliphatic rings. The second kappa shape index (κ2) is 6.23. The lowest BCUT2D eigenvalue weighted by Crippen LogP contribution is -2.23. The highest BCUT2D eigenvalue weighted by Crippen LogP contribution is 2.08. The summed E-state index contributed by atoms with van der Waals surface area (Å²) in [5.74, 6) is 0.744. The first-order valence-corrected chi connectivity index (χ1v) is 8.12. The maximum absolute atomic E-state index is 12.3. The number of allylic oxidation sites excluding steroid dienone is 1. The molecule has 2 heterocycles. The SMILES string of the molecule is CCCc1nc2s/c(=C\C(C)=C\c3ccccc3)c(=O)n2n1. The van der Waals surface area contributed by atoms with E-state index in [-0.39, 0.29) is 5.56 Å². The summed E-state index contributed by atoms with van der Waals surface area (Å²) in [5.41, 5.74) is 2.06. The van der Waals surface area contributed by atoms with Gasteiger partial charge in [-0.25, -0.2) is 4.98 Å². The molecule has 0 saturated heterocycles. The van der Waals surface area contributed by atoms with Crippen molar-refractivity contribution in [1.29, 1.82) is 0 Å². The lowest BCUT2D eigenvalue weighted by atomic mass is 10.1. The van der Waals surface area contributed by atoms with Crippen LogP contribution in [-0.2, 0) is 6.42 Å². The van der Waals surface area contributed by atoms with Gasteiger partial charge >= 0.3 is 0 Å². The van der Waals surface area contributed by atoms with Crippen LogP contribution in [0.1, 0.15) is 31.7 Å². The third-order valence-electron chi connectivity index (χ3n) is 3.25. The molecule has 0 saturated carbocycles. The number of benzene rings is 1. The summed E-state index contributed by atoms with van der Waals surface area (Å²) < 4.78 is 2.08. The smallest absolute Gasteiger partial charge is 0.266 e. The quantitative estimate of drug-likeness (QED) is 0.744. The Labute approximate surface area is 132 Å².